The van der Waals surface area contributed by atoms with Crippen molar-refractivity contribution >= 4 is 5.91 Å². The lowest BCUT2D eigenvalue weighted by atomic mass is 10.3. The molecule has 0 bridgehead atoms. The molecule has 0 aromatic heterocycles. The van der Waals surface area contributed by atoms with Crippen molar-refractivity contribution < 1.29 is 9.90 Å². The van der Waals surface area contributed by atoms with Crippen molar-refractivity contribution in [3.05, 3.63) is 0 Å². The summed E-state index contributed by atoms with van der Waals surface area (Å²) in [6, 6.07) is 0. The lowest BCUT2D eigenvalue weighted by molar-refractivity contribution is -0.121. The van der Waals surface area contributed by atoms with Crippen LogP contribution in [0.15, 0.2) is 0 Å². The third-order valence-corrected chi connectivity index (χ3v) is 1.39. The molecular weight excluding hydrogens is 156 g/mol. The van der Waals surface area contributed by atoms with Gasteiger partial charge in [0.15, 0.2) is 0 Å². The van der Waals surface area contributed by atoms with Gasteiger partial charge in [-0.3, -0.25) is 4.79 Å². The van der Waals surface area contributed by atoms with Gasteiger partial charge in [0.05, 0.1) is 6.61 Å². The molecule has 12 heavy (non-hydrogen) atoms. The Labute approximate surface area is 73.3 Å². The van der Waals surface area contributed by atoms with E-state index in [-0.39, 0.29) is 12.5 Å². The summed E-state index contributed by atoms with van der Waals surface area (Å²) >= 11 is 0. The van der Waals surface area contributed by atoms with E-state index in [4.69, 9.17) is 5.11 Å². The molecule has 0 aromatic carbocycles. The van der Waals surface area contributed by atoms with E-state index in [1.807, 2.05) is 6.92 Å². The van der Waals surface area contributed by atoms with Gasteiger partial charge in [-0.1, -0.05) is 6.92 Å². The standard InChI is InChI=1S/C8H18N2O2/c1-2-3-8(12)10-5-4-9-6-7-11/h9,11H,2-7H2,1H3,(H,10,12). The van der Waals surface area contributed by atoms with E-state index in [1.54, 1.807) is 0 Å². The summed E-state index contributed by atoms with van der Waals surface area (Å²) in [6.45, 7) is 4.06. The van der Waals surface area contributed by atoms with Gasteiger partial charge in [0, 0.05) is 26.1 Å². The number of carbonyl (C=O) groups excluding carboxylic acids is 1. The van der Waals surface area contributed by atoms with Crippen LogP contribution in [0, 0.1) is 0 Å². The molecule has 0 rings (SSSR count). The predicted molar refractivity (Wildman–Crippen MR) is 47.9 cm³/mol. The second kappa shape index (κ2) is 8.49. The van der Waals surface area contributed by atoms with Crippen molar-refractivity contribution in [2.24, 2.45) is 0 Å². The van der Waals surface area contributed by atoms with E-state index >= 15 is 0 Å². The second-order valence-corrected chi connectivity index (χ2v) is 2.57. The maximum Gasteiger partial charge on any atom is 0.220 e. The van der Waals surface area contributed by atoms with E-state index in [0.717, 1.165) is 13.0 Å². The van der Waals surface area contributed by atoms with Crippen molar-refractivity contribution in [3.63, 3.8) is 0 Å². The van der Waals surface area contributed by atoms with E-state index < -0.39 is 0 Å². The summed E-state index contributed by atoms with van der Waals surface area (Å²) in [4.78, 5) is 10.9. The molecule has 72 valence electrons. The zero-order valence-electron chi connectivity index (χ0n) is 7.60. The van der Waals surface area contributed by atoms with Crippen molar-refractivity contribution in [1.82, 2.24) is 10.6 Å². The maximum atomic E-state index is 10.9. The Morgan fingerprint density at radius 2 is 2.08 bits per heavy atom. The Kier molecular flexibility index (Phi) is 8.05. The first kappa shape index (κ1) is 11.4. The van der Waals surface area contributed by atoms with Crippen LogP contribution in [0.4, 0.5) is 0 Å². The van der Waals surface area contributed by atoms with Gasteiger partial charge >= 0.3 is 0 Å². The Balaban J connectivity index is 3.03. The molecular formula is C8H18N2O2. The third-order valence-electron chi connectivity index (χ3n) is 1.39. The minimum absolute atomic E-state index is 0.100. The Morgan fingerprint density at radius 1 is 1.33 bits per heavy atom. The summed E-state index contributed by atoms with van der Waals surface area (Å²) in [7, 11) is 0. The van der Waals surface area contributed by atoms with Crippen molar-refractivity contribution in [1.29, 1.82) is 0 Å². The van der Waals surface area contributed by atoms with Crippen LogP contribution in [0.5, 0.6) is 0 Å². The van der Waals surface area contributed by atoms with Gasteiger partial charge in [0.25, 0.3) is 0 Å². The second-order valence-electron chi connectivity index (χ2n) is 2.57. The molecule has 0 saturated carbocycles. The smallest absolute Gasteiger partial charge is 0.220 e. The van der Waals surface area contributed by atoms with Gasteiger partial charge in [0.1, 0.15) is 0 Å². The lowest BCUT2D eigenvalue weighted by Gasteiger charge is -2.04. The van der Waals surface area contributed by atoms with Crippen LogP contribution < -0.4 is 10.6 Å². The number of aliphatic hydroxyl groups is 1. The SMILES string of the molecule is CCCC(=O)NCCNCCO. The Hall–Kier alpha value is -0.610. The number of hydrogen-bond acceptors (Lipinski definition) is 3. The van der Waals surface area contributed by atoms with Crippen LogP contribution in [-0.4, -0.2) is 37.3 Å². The minimum Gasteiger partial charge on any atom is -0.395 e. The minimum atomic E-state index is 0.100. The van der Waals surface area contributed by atoms with Crippen LogP contribution in [0.1, 0.15) is 19.8 Å². The fourth-order valence-corrected chi connectivity index (χ4v) is 0.810. The molecule has 0 atom stereocenters. The number of nitrogens with one attached hydrogen (secondary N) is 2. The highest BCUT2D eigenvalue weighted by Crippen LogP contribution is 1.83. The summed E-state index contributed by atoms with van der Waals surface area (Å²) in [5.41, 5.74) is 0. The summed E-state index contributed by atoms with van der Waals surface area (Å²) in [5.74, 6) is 0.100. The van der Waals surface area contributed by atoms with Gasteiger partial charge in [-0.2, -0.15) is 0 Å². The van der Waals surface area contributed by atoms with E-state index in [2.05, 4.69) is 10.6 Å². The highest BCUT2D eigenvalue weighted by molar-refractivity contribution is 5.75. The van der Waals surface area contributed by atoms with Gasteiger partial charge in [-0.05, 0) is 6.42 Å². The zero-order chi connectivity index (χ0) is 9.23. The molecule has 4 heteroatoms. The largest absolute Gasteiger partial charge is 0.395 e. The Bertz CT molecular complexity index is 118. The quantitative estimate of drug-likeness (QED) is 0.455. The first-order chi connectivity index (χ1) is 5.81. The molecule has 0 spiro atoms. The molecule has 0 radical (unpaired) electrons. The molecule has 0 aliphatic carbocycles. The summed E-state index contributed by atoms with van der Waals surface area (Å²) in [6.07, 6.45) is 1.48. The first-order valence-electron chi connectivity index (χ1n) is 4.39. The van der Waals surface area contributed by atoms with Crippen LogP contribution >= 0.6 is 0 Å². The lowest BCUT2D eigenvalue weighted by Crippen LogP contribution is -2.32. The molecule has 0 aliphatic rings. The summed E-state index contributed by atoms with van der Waals surface area (Å²) in [5, 5.41) is 14.1. The number of rotatable bonds is 7. The van der Waals surface area contributed by atoms with E-state index in [9.17, 15) is 4.79 Å². The number of hydrogen-bond donors (Lipinski definition) is 3. The molecule has 1 amide bonds. The third kappa shape index (κ3) is 7.50. The molecule has 0 fully saturated rings. The average Bonchev–Trinajstić information content (AvgIpc) is 2.05. The summed E-state index contributed by atoms with van der Waals surface area (Å²) < 4.78 is 0. The fourth-order valence-electron chi connectivity index (χ4n) is 0.810. The van der Waals surface area contributed by atoms with Crippen LogP contribution in [-0.2, 0) is 4.79 Å². The molecule has 0 aliphatic heterocycles. The number of carbonyl (C=O) groups is 1. The zero-order valence-corrected chi connectivity index (χ0v) is 7.60. The average molecular weight is 174 g/mol. The normalized spacial score (nSPS) is 9.83. The fraction of sp³-hybridized carbons (Fsp3) is 0.875. The molecule has 3 N–H and O–H groups in total. The van der Waals surface area contributed by atoms with Crippen molar-refractivity contribution in [3.8, 4) is 0 Å². The molecule has 4 nitrogen and oxygen atoms in total. The van der Waals surface area contributed by atoms with Gasteiger partial charge in [-0.25, -0.2) is 0 Å². The van der Waals surface area contributed by atoms with E-state index in [0.29, 0.717) is 19.5 Å². The molecule has 0 saturated heterocycles. The van der Waals surface area contributed by atoms with Crippen molar-refractivity contribution in [2.75, 3.05) is 26.2 Å². The van der Waals surface area contributed by atoms with Crippen molar-refractivity contribution in [2.45, 2.75) is 19.8 Å². The van der Waals surface area contributed by atoms with E-state index in [1.165, 1.54) is 0 Å². The van der Waals surface area contributed by atoms with Gasteiger partial charge in [0.2, 0.25) is 5.91 Å². The maximum absolute atomic E-state index is 10.9. The van der Waals surface area contributed by atoms with Gasteiger partial charge < -0.3 is 15.7 Å². The molecule has 0 aromatic rings. The topological polar surface area (TPSA) is 61.4 Å². The number of amides is 1. The Morgan fingerprint density at radius 3 is 2.67 bits per heavy atom. The van der Waals surface area contributed by atoms with Gasteiger partial charge in [-0.15, -0.1) is 0 Å². The molecule has 0 unspecified atom stereocenters. The monoisotopic (exact) mass is 174 g/mol. The molecule has 0 heterocycles. The highest BCUT2D eigenvalue weighted by Gasteiger charge is 1.96. The first-order valence-corrected chi connectivity index (χ1v) is 4.39. The van der Waals surface area contributed by atoms with Crippen LogP contribution in [0.2, 0.25) is 0 Å². The van der Waals surface area contributed by atoms with Crippen LogP contribution in [0.25, 0.3) is 0 Å². The number of aliphatic hydroxyl groups excluding tert-OH is 1. The van der Waals surface area contributed by atoms with Crippen LogP contribution in [0.3, 0.4) is 0 Å². The highest BCUT2D eigenvalue weighted by atomic mass is 16.3. The predicted octanol–water partition coefficient (Wildman–Crippen LogP) is -0.515.